The van der Waals surface area contributed by atoms with Gasteiger partial charge in [-0.15, -0.1) is 0 Å². The van der Waals surface area contributed by atoms with Crippen molar-refractivity contribution >= 4 is 40.8 Å². The fourth-order valence-corrected chi connectivity index (χ4v) is 6.19. The molecule has 14 heteroatoms. The van der Waals surface area contributed by atoms with Crippen LogP contribution in [0.2, 0.25) is 0 Å². The summed E-state index contributed by atoms with van der Waals surface area (Å²) >= 11 is 0. The van der Waals surface area contributed by atoms with Crippen molar-refractivity contribution < 1.29 is 49.8 Å². The number of nitrogens with one attached hydrogen (secondary N) is 1. The average molecular weight is 729 g/mol. The van der Waals surface area contributed by atoms with Crippen LogP contribution in [0.4, 0.5) is 11.4 Å². The lowest BCUT2D eigenvalue weighted by Gasteiger charge is -2.25. The molecule has 1 aliphatic heterocycles. The van der Waals surface area contributed by atoms with E-state index in [0.717, 1.165) is 65.1 Å². The first-order valence-electron chi connectivity index (χ1n) is 17.0. The average Bonchev–Trinajstić information content (AvgIpc) is 3.46. The number of hydrogen-bond donors (Lipinski definition) is 7. The van der Waals surface area contributed by atoms with Gasteiger partial charge in [0.2, 0.25) is 0 Å². The predicted molar refractivity (Wildman–Crippen MR) is 197 cm³/mol. The van der Waals surface area contributed by atoms with E-state index in [1.165, 1.54) is 5.57 Å². The summed E-state index contributed by atoms with van der Waals surface area (Å²) in [6, 6.07) is 20.7. The number of carboxylic acids is 3. The van der Waals surface area contributed by atoms with E-state index in [4.69, 9.17) is 20.4 Å². The summed E-state index contributed by atoms with van der Waals surface area (Å²) in [4.78, 5) is 50.7. The first-order chi connectivity index (χ1) is 25.2. The molecule has 3 atom stereocenters. The van der Waals surface area contributed by atoms with Gasteiger partial charge in [0, 0.05) is 35.9 Å². The molecule has 0 unspecified atom stereocenters. The zero-order valence-corrected chi connectivity index (χ0v) is 29.6. The highest BCUT2D eigenvalue weighted by molar-refractivity contribution is 6.07. The van der Waals surface area contributed by atoms with Crippen molar-refractivity contribution in [2.24, 2.45) is 0 Å². The Hall–Kier alpha value is -5.83. The SMILES string of the molecule is CC1=C(c2ccc(C(=O)N3Cc4ccc(C(=O)O)n4Cc4ccccc43)cc2C)CCC[C@H]1O.CCNc1cccnc1.O=C(O)[C@H](O)[C@@H](O)C(=O)O. The maximum absolute atomic E-state index is 13.8. The molecule has 0 fully saturated rings. The second kappa shape index (κ2) is 18.1. The van der Waals surface area contributed by atoms with Crippen LogP contribution in [0.5, 0.6) is 0 Å². The van der Waals surface area contributed by atoms with Gasteiger partial charge in [-0.25, -0.2) is 14.4 Å². The van der Waals surface area contributed by atoms with Crippen LogP contribution >= 0.6 is 0 Å². The van der Waals surface area contributed by atoms with Gasteiger partial charge in [-0.2, -0.15) is 0 Å². The van der Waals surface area contributed by atoms with Gasteiger partial charge >= 0.3 is 17.9 Å². The molecule has 0 bridgehead atoms. The molecule has 0 saturated heterocycles. The van der Waals surface area contributed by atoms with Crippen molar-refractivity contribution in [1.29, 1.82) is 0 Å². The minimum Gasteiger partial charge on any atom is -0.479 e. The number of allylic oxidation sites excluding steroid dienone is 1. The van der Waals surface area contributed by atoms with Gasteiger partial charge in [0.05, 0.1) is 24.9 Å². The lowest BCUT2D eigenvalue weighted by molar-refractivity contribution is -0.165. The van der Waals surface area contributed by atoms with Crippen LogP contribution in [0, 0.1) is 6.92 Å². The number of amides is 1. The van der Waals surface area contributed by atoms with Crippen LogP contribution in [0.15, 0.2) is 84.7 Å². The first-order valence-corrected chi connectivity index (χ1v) is 17.0. The normalized spacial score (nSPS) is 15.9. The number of carbonyl (C=O) groups is 4. The number of benzene rings is 2. The minimum absolute atomic E-state index is 0.122. The fourth-order valence-electron chi connectivity index (χ4n) is 6.19. The lowest BCUT2D eigenvalue weighted by Crippen LogP contribution is -2.39. The van der Waals surface area contributed by atoms with Crippen molar-refractivity contribution in [2.45, 2.75) is 71.4 Å². The topological polar surface area (TPSA) is 223 Å². The van der Waals surface area contributed by atoms with Gasteiger partial charge in [-0.3, -0.25) is 9.78 Å². The standard InChI is InChI=1S/C28H28N2O4.C7H10N2.C4H6O6/c1-17-14-19(10-12-22(17)23-7-5-9-26(31)18(23)2)27(32)30-16-21-11-13-25(28(33)34)29(21)15-20-6-3-4-8-24(20)30;1-2-9-7-4-3-5-8-6-7;5-1(3(7)8)2(6)4(9)10/h3-4,6,8,10-14,26,31H,5,7,9,15-16H2,1-2H3,(H,33,34);3-6,9H,2H2,1H3;1-2,5-6H,(H,7,8)(H,9,10)/t26-;;1-,2-/m1.1/s1. The van der Waals surface area contributed by atoms with Gasteiger partial charge < -0.3 is 45.4 Å². The Bertz CT molecular complexity index is 1960. The first kappa shape index (κ1) is 39.9. The molecule has 0 saturated carbocycles. The summed E-state index contributed by atoms with van der Waals surface area (Å²) in [6.45, 7) is 7.71. The van der Waals surface area contributed by atoms with Crippen molar-refractivity contribution in [3.63, 3.8) is 0 Å². The third-order valence-electron chi connectivity index (χ3n) is 8.99. The molecule has 2 aliphatic rings. The largest absolute Gasteiger partial charge is 0.479 e. The Balaban J connectivity index is 0.000000270. The van der Waals surface area contributed by atoms with Crippen molar-refractivity contribution in [3.05, 3.63) is 118 Å². The number of pyridine rings is 1. The molecular weight excluding hydrogens is 684 g/mol. The number of rotatable bonds is 8. The Labute approximate surface area is 306 Å². The highest BCUT2D eigenvalue weighted by Gasteiger charge is 2.30. The summed E-state index contributed by atoms with van der Waals surface area (Å²) in [5.41, 5.74) is 8.66. The summed E-state index contributed by atoms with van der Waals surface area (Å²) < 4.78 is 1.77. The van der Waals surface area contributed by atoms with Gasteiger partial charge in [0.1, 0.15) is 5.69 Å². The van der Waals surface area contributed by atoms with E-state index in [-0.39, 0.29) is 11.6 Å². The van der Waals surface area contributed by atoms with Crippen molar-refractivity contribution in [3.8, 4) is 0 Å². The van der Waals surface area contributed by atoms with E-state index in [2.05, 4.69) is 17.2 Å². The molecule has 3 heterocycles. The zero-order valence-electron chi connectivity index (χ0n) is 29.6. The monoisotopic (exact) mass is 728 g/mol. The molecule has 1 amide bonds. The number of hydrogen-bond acceptors (Lipinski definition) is 9. The number of anilines is 2. The van der Waals surface area contributed by atoms with Crippen LogP contribution in [0.3, 0.4) is 0 Å². The van der Waals surface area contributed by atoms with Crippen molar-refractivity contribution in [2.75, 3.05) is 16.8 Å². The Kier molecular flexibility index (Phi) is 13.6. The Morgan fingerprint density at radius 1 is 0.906 bits per heavy atom. The summed E-state index contributed by atoms with van der Waals surface area (Å²) in [5, 5.41) is 55.6. The summed E-state index contributed by atoms with van der Waals surface area (Å²) in [7, 11) is 0. The molecular formula is C39H44N4O10. The summed E-state index contributed by atoms with van der Waals surface area (Å²) in [5.74, 6) is -4.64. The van der Waals surface area contributed by atoms with Crippen LogP contribution in [0.1, 0.15) is 76.3 Å². The molecule has 280 valence electrons. The van der Waals surface area contributed by atoms with Crippen molar-refractivity contribution in [1.82, 2.24) is 9.55 Å². The zero-order chi connectivity index (χ0) is 38.8. The molecule has 1 aliphatic carbocycles. The number of aromatic carboxylic acids is 1. The van der Waals surface area contributed by atoms with Crippen LogP contribution < -0.4 is 10.2 Å². The van der Waals surface area contributed by atoms with Gasteiger partial charge in [-0.1, -0.05) is 24.3 Å². The van der Waals surface area contributed by atoms with Crippen LogP contribution in [-0.2, 0) is 22.7 Å². The third-order valence-corrected chi connectivity index (χ3v) is 8.99. The second-order valence-corrected chi connectivity index (χ2v) is 12.6. The third kappa shape index (κ3) is 9.74. The molecule has 4 aromatic rings. The number of carbonyl (C=O) groups excluding carboxylic acids is 1. The lowest BCUT2D eigenvalue weighted by atomic mass is 9.84. The van der Waals surface area contributed by atoms with E-state index in [0.29, 0.717) is 18.7 Å². The molecule has 6 rings (SSSR count). The van der Waals surface area contributed by atoms with E-state index >= 15 is 0 Å². The number of nitrogens with zero attached hydrogens (tertiary/aromatic N) is 3. The van der Waals surface area contributed by atoms with Gasteiger partial charge in [-0.05, 0) is 110 Å². The number of carboxylic acid groups (broad SMARTS) is 3. The quantitative estimate of drug-likeness (QED) is 0.134. The number of aliphatic carboxylic acids is 2. The maximum Gasteiger partial charge on any atom is 0.352 e. The van der Waals surface area contributed by atoms with Crippen LogP contribution in [0.25, 0.3) is 5.57 Å². The van der Waals surface area contributed by atoms with E-state index in [1.807, 2.05) is 74.6 Å². The number of fused-ring (bicyclic) bond motifs is 2. The second-order valence-electron chi connectivity index (χ2n) is 12.6. The fraction of sp³-hybridized carbons (Fsp3) is 0.308. The summed E-state index contributed by atoms with van der Waals surface area (Å²) in [6.07, 6.45) is 1.32. The van der Waals surface area contributed by atoms with E-state index in [9.17, 15) is 29.4 Å². The molecule has 2 aromatic carbocycles. The number of aryl methyl sites for hydroxylation is 1. The predicted octanol–water partition coefficient (Wildman–Crippen LogP) is 4.41. The molecule has 14 nitrogen and oxygen atoms in total. The number of aromatic nitrogens is 2. The smallest absolute Gasteiger partial charge is 0.352 e. The highest BCUT2D eigenvalue weighted by Crippen LogP contribution is 2.35. The molecule has 0 radical (unpaired) electrons. The number of aliphatic hydroxyl groups excluding tert-OH is 3. The van der Waals surface area contributed by atoms with E-state index < -0.39 is 36.2 Å². The number of aliphatic hydroxyl groups is 3. The Morgan fingerprint density at radius 3 is 2.21 bits per heavy atom. The number of para-hydroxylation sites is 1. The highest BCUT2D eigenvalue weighted by atomic mass is 16.4. The van der Waals surface area contributed by atoms with Crippen LogP contribution in [-0.4, -0.2) is 88.9 Å². The molecule has 0 spiro atoms. The van der Waals surface area contributed by atoms with E-state index in [1.54, 1.807) is 27.8 Å². The Morgan fingerprint density at radius 2 is 1.60 bits per heavy atom. The molecule has 7 N–H and O–H groups in total. The van der Waals surface area contributed by atoms with Gasteiger partial charge in [0.25, 0.3) is 5.91 Å². The molecule has 2 aromatic heterocycles. The molecule has 53 heavy (non-hydrogen) atoms. The maximum atomic E-state index is 13.8. The van der Waals surface area contributed by atoms with Gasteiger partial charge in [0.15, 0.2) is 12.2 Å². The minimum atomic E-state index is -2.27.